The van der Waals surface area contributed by atoms with Crippen molar-refractivity contribution in [3.05, 3.63) is 35.9 Å². The fourth-order valence-corrected chi connectivity index (χ4v) is 2.67. The van der Waals surface area contributed by atoms with E-state index in [0.717, 1.165) is 19.5 Å². The van der Waals surface area contributed by atoms with Crippen LogP contribution in [-0.2, 0) is 0 Å². The Morgan fingerprint density at radius 2 is 2.17 bits per heavy atom. The van der Waals surface area contributed by atoms with Crippen molar-refractivity contribution >= 4 is 0 Å². The number of nitriles is 1. The maximum Gasteiger partial charge on any atom is 0.0641 e. The Hall–Kier alpha value is -1.37. The molecule has 0 spiro atoms. The average molecular weight is 244 g/mol. The monoisotopic (exact) mass is 244 g/mol. The van der Waals surface area contributed by atoms with Crippen molar-refractivity contribution in [1.82, 2.24) is 4.90 Å². The van der Waals surface area contributed by atoms with E-state index in [2.05, 4.69) is 30.0 Å². The largest absolute Gasteiger partial charge is 0.393 e. The predicted molar refractivity (Wildman–Crippen MR) is 70.8 cm³/mol. The van der Waals surface area contributed by atoms with Crippen LogP contribution in [-0.4, -0.2) is 29.2 Å². The van der Waals surface area contributed by atoms with E-state index in [1.54, 1.807) is 0 Å². The van der Waals surface area contributed by atoms with Crippen molar-refractivity contribution < 1.29 is 5.11 Å². The van der Waals surface area contributed by atoms with Gasteiger partial charge in [0.2, 0.25) is 0 Å². The number of aliphatic hydroxyl groups is 1. The van der Waals surface area contributed by atoms with Crippen molar-refractivity contribution in [3.63, 3.8) is 0 Å². The zero-order valence-electron chi connectivity index (χ0n) is 10.8. The maximum absolute atomic E-state index is 9.79. The summed E-state index contributed by atoms with van der Waals surface area (Å²) in [6, 6.07) is 12.6. The zero-order chi connectivity index (χ0) is 13.0. The summed E-state index contributed by atoms with van der Waals surface area (Å²) >= 11 is 0. The van der Waals surface area contributed by atoms with Gasteiger partial charge in [0.15, 0.2) is 0 Å². The Morgan fingerprint density at radius 3 is 2.78 bits per heavy atom. The van der Waals surface area contributed by atoms with E-state index >= 15 is 0 Å². The molecule has 0 amide bonds. The highest BCUT2D eigenvalue weighted by molar-refractivity contribution is 5.20. The Labute approximate surface area is 109 Å². The first-order chi connectivity index (χ1) is 8.72. The lowest BCUT2D eigenvalue weighted by atomic mass is 9.93. The fraction of sp³-hybridized carbons (Fsp3) is 0.533. The van der Waals surface area contributed by atoms with Gasteiger partial charge in [0, 0.05) is 19.1 Å². The lowest BCUT2D eigenvalue weighted by Crippen LogP contribution is -2.43. The summed E-state index contributed by atoms with van der Waals surface area (Å²) in [5.74, 6) is 0.281. The minimum atomic E-state index is -0.195. The Bertz CT molecular complexity index is 412. The number of likely N-dealkylation sites (tertiary alicyclic amines) is 1. The molecule has 1 aromatic rings. The third-order valence-electron chi connectivity index (χ3n) is 3.80. The summed E-state index contributed by atoms with van der Waals surface area (Å²) < 4.78 is 0. The number of hydrogen-bond donors (Lipinski definition) is 1. The lowest BCUT2D eigenvalue weighted by molar-refractivity contribution is 0.0174. The van der Waals surface area contributed by atoms with Gasteiger partial charge in [-0.1, -0.05) is 37.3 Å². The fourth-order valence-electron chi connectivity index (χ4n) is 2.67. The van der Waals surface area contributed by atoms with Crippen LogP contribution in [0.25, 0.3) is 0 Å². The third kappa shape index (κ3) is 2.90. The van der Waals surface area contributed by atoms with Gasteiger partial charge in [0.1, 0.15) is 0 Å². The first-order valence-corrected chi connectivity index (χ1v) is 6.56. The predicted octanol–water partition coefficient (Wildman–Crippen LogP) is 2.34. The molecule has 1 saturated heterocycles. The third-order valence-corrected chi connectivity index (χ3v) is 3.80. The van der Waals surface area contributed by atoms with Crippen molar-refractivity contribution in [3.8, 4) is 6.07 Å². The summed E-state index contributed by atoms with van der Waals surface area (Å²) in [6.07, 6.45) is 1.11. The molecule has 1 heterocycles. The van der Waals surface area contributed by atoms with Crippen LogP contribution < -0.4 is 0 Å². The molecule has 1 aromatic carbocycles. The van der Waals surface area contributed by atoms with Crippen LogP contribution in [0.2, 0.25) is 0 Å². The topological polar surface area (TPSA) is 47.3 Å². The number of benzene rings is 1. The molecule has 18 heavy (non-hydrogen) atoms. The van der Waals surface area contributed by atoms with Crippen LogP contribution in [0, 0.1) is 17.2 Å². The highest BCUT2D eigenvalue weighted by atomic mass is 16.3. The van der Waals surface area contributed by atoms with Gasteiger partial charge in [0.05, 0.1) is 18.6 Å². The standard InChI is InChI=1S/C15H20N2O/c1-12-11-17(10-8-15(12)18)14(7-9-16)13-5-3-2-4-6-13/h2-6,12,14-15,18H,7-8,10-11H2,1H3. The molecule has 1 aliphatic rings. The summed E-state index contributed by atoms with van der Waals surface area (Å²) in [4.78, 5) is 2.33. The minimum absolute atomic E-state index is 0.158. The molecule has 1 N–H and O–H groups in total. The minimum Gasteiger partial charge on any atom is -0.393 e. The average Bonchev–Trinajstić information content (AvgIpc) is 2.40. The van der Waals surface area contributed by atoms with Crippen LogP contribution in [0.1, 0.15) is 31.4 Å². The molecular formula is C15H20N2O. The highest BCUT2D eigenvalue weighted by Gasteiger charge is 2.29. The molecule has 1 aliphatic heterocycles. The summed E-state index contributed by atoms with van der Waals surface area (Å²) in [7, 11) is 0. The van der Waals surface area contributed by atoms with E-state index in [4.69, 9.17) is 5.26 Å². The van der Waals surface area contributed by atoms with Crippen LogP contribution >= 0.6 is 0 Å². The van der Waals surface area contributed by atoms with E-state index in [-0.39, 0.29) is 18.1 Å². The molecular weight excluding hydrogens is 224 g/mol. The van der Waals surface area contributed by atoms with Gasteiger partial charge in [-0.3, -0.25) is 4.90 Å². The molecule has 0 radical (unpaired) electrons. The van der Waals surface area contributed by atoms with E-state index < -0.39 is 0 Å². The van der Waals surface area contributed by atoms with Crippen molar-refractivity contribution in [2.45, 2.75) is 31.9 Å². The van der Waals surface area contributed by atoms with Crippen LogP contribution in [0.15, 0.2) is 30.3 Å². The second kappa shape index (κ2) is 5.99. The summed E-state index contributed by atoms with van der Waals surface area (Å²) in [6.45, 7) is 3.81. The molecule has 3 unspecified atom stereocenters. The normalized spacial score (nSPS) is 26.5. The van der Waals surface area contributed by atoms with Gasteiger partial charge in [-0.15, -0.1) is 0 Å². The zero-order valence-corrected chi connectivity index (χ0v) is 10.8. The van der Waals surface area contributed by atoms with Crippen LogP contribution in [0.3, 0.4) is 0 Å². The van der Waals surface area contributed by atoms with Gasteiger partial charge >= 0.3 is 0 Å². The number of aliphatic hydroxyl groups excluding tert-OH is 1. The second-order valence-electron chi connectivity index (χ2n) is 5.12. The number of hydrogen-bond acceptors (Lipinski definition) is 3. The Morgan fingerprint density at radius 1 is 1.44 bits per heavy atom. The Kier molecular flexibility index (Phi) is 4.35. The van der Waals surface area contributed by atoms with Gasteiger partial charge < -0.3 is 5.11 Å². The first-order valence-electron chi connectivity index (χ1n) is 6.56. The molecule has 2 rings (SSSR count). The second-order valence-corrected chi connectivity index (χ2v) is 5.12. The molecule has 0 aliphatic carbocycles. The smallest absolute Gasteiger partial charge is 0.0641 e. The molecule has 0 saturated carbocycles. The SMILES string of the molecule is CC1CN(C(CC#N)c2ccccc2)CCC1O. The first kappa shape index (κ1) is 13.1. The molecule has 3 atom stereocenters. The van der Waals surface area contributed by atoms with Crippen molar-refractivity contribution in [2.75, 3.05) is 13.1 Å². The van der Waals surface area contributed by atoms with Gasteiger partial charge in [-0.25, -0.2) is 0 Å². The summed E-state index contributed by atoms with van der Waals surface area (Å²) in [5.41, 5.74) is 1.20. The molecule has 0 bridgehead atoms. The van der Waals surface area contributed by atoms with E-state index in [9.17, 15) is 5.11 Å². The van der Waals surface area contributed by atoms with Gasteiger partial charge in [0.25, 0.3) is 0 Å². The Balaban J connectivity index is 2.14. The van der Waals surface area contributed by atoms with Crippen molar-refractivity contribution in [1.29, 1.82) is 5.26 Å². The quantitative estimate of drug-likeness (QED) is 0.887. The molecule has 3 heteroatoms. The number of rotatable bonds is 3. The van der Waals surface area contributed by atoms with E-state index in [0.29, 0.717) is 6.42 Å². The maximum atomic E-state index is 9.79. The molecule has 96 valence electrons. The van der Waals surface area contributed by atoms with Crippen LogP contribution in [0.4, 0.5) is 0 Å². The lowest BCUT2D eigenvalue weighted by Gasteiger charge is -2.39. The molecule has 1 fully saturated rings. The van der Waals surface area contributed by atoms with E-state index in [1.165, 1.54) is 5.56 Å². The number of piperidine rings is 1. The van der Waals surface area contributed by atoms with Gasteiger partial charge in [-0.05, 0) is 17.9 Å². The number of nitrogens with zero attached hydrogens (tertiary/aromatic N) is 2. The van der Waals surface area contributed by atoms with Gasteiger partial charge in [-0.2, -0.15) is 5.26 Å². The van der Waals surface area contributed by atoms with E-state index in [1.807, 2.05) is 18.2 Å². The highest BCUT2D eigenvalue weighted by Crippen LogP contribution is 2.29. The summed E-state index contributed by atoms with van der Waals surface area (Å²) in [5, 5.41) is 18.8. The molecule has 3 nitrogen and oxygen atoms in total. The van der Waals surface area contributed by atoms with Crippen molar-refractivity contribution in [2.24, 2.45) is 5.92 Å². The van der Waals surface area contributed by atoms with Crippen LogP contribution in [0.5, 0.6) is 0 Å². The molecule has 0 aromatic heterocycles.